The van der Waals surface area contributed by atoms with E-state index in [0.29, 0.717) is 0 Å². The van der Waals surface area contributed by atoms with Crippen LogP contribution in [0, 0.1) is 5.41 Å². The summed E-state index contributed by atoms with van der Waals surface area (Å²) in [5.41, 5.74) is 7.76. The number of hydrogen-bond acceptors (Lipinski definition) is 2. The number of nitrogens with two attached hydrogens (primary N) is 1. The number of amides is 1. The molecule has 0 spiro atoms. The van der Waals surface area contributed by atoms with Crippen LogP contribution in [0.15, 0.2) is 24.3 Å². The average Bonchev–Trinajstić information content (AvgIpc) is 2.29. The summed E-state index contributed by atoms with van der Waals surface area (Å²) >= 11 is 0. The molecular formula is C15H24N2O. The minimum absolute atomic E-state index is 0.119. The lowest BCUT2D eigenvalue weighted by atomic mass is 9.87. The van der Waals surface area contributed by atoms with Crippen molar-refractivity contribution in [1.82, 2.24) is 0 Å². The number of benzene rings is 1. The maximum atomic E-state index is 12.1. The first-order valence-electron chi connectivity index (χ1n) is 6.50. The average molecular weight is 248 g/mol. The second-order valence-corrected chi connectivity index (χ2v) is 5.74. The molecule has 0 aliphatic carbocycles. The van der Waals surface area contributed by atoms with Gasteiger partial charge in [-0.2, -0.15) is 0 Å². The summed E-state index contributed by atoms with van der Waals surface area (Å²) in [5.74, 6) is -0.119. The molecule has 0 fully saturated rings. The molecule has 3 N–H and O–H groups in total. The minimum Gasteiger partial charge on any atom is -0.324 e. The molecule has 3 nitrogen and oxygen atoms in total. The Morgan fingerprint density at radius 2 is 1.94 bits per heavy atom. The number of rotatable bonds is 4. The summed E-state index contributed by atoms with van der Waals surface area (Å²) in [6, 6.07) is 7.38. The predicted molar refractivity (Wildman–Crippen MR) is 76.5 cm³/mol. The van der Waals surface area contributed by atoms with E-state index in [0.717, 1.165) is 24.1 Å². The largest absolute Gasteiger partial charge is 0.324 e. The van der Waals surface area contributed by atoms with Gasteiger partial charge in [-0.25, -0.2) is 0 Å². The van der Waals surface area contributed by atoms with E-state index >= 15 is 0 Å². The molecule has 0 aliphatic rings. The summed E-state index contributed by atoms with van der Waals surface area (Å²) in [4.78, 5) is 12.1. The van der Waals surface area contributed by atoms with Crippen molar-refractivity contribution in [2.24, 2.45) is 11.1 Å². The molecule has 0 saturated heterocycles. The van der Waals surface area contributed by atoms with Gasteiger partial charge in [-0.3, -0.25) is 4.79 Å². The van der Waals surface area contributed by atoms with E-state index in [1.54, 1.807) is 0 Å². The monoisotopic (exact) mass is 248 g/mol. The quantitative estimate of drug-likeness (QED) is 0.860. The summed E-state index contributed by atoms with van der Waals surface area (Å²) in [6.07, 6.45) is 2.01. The molecule has 1 amide bonds. The molecule has 1 rings (SSSR count). The second kappa shape index (κ2) is 6.01. The third kappa shape index (κ3) is 3.84. The molecule has 1 aromatic carbocycles. The molecule has 0 aromatic heterocycles. The highest BCUT2D eigenvalue weighted by Gasteiger charge is 2.27. The van der Waals surface area contributed by atoms with Crippen LogP contribution in [-0.2, 0) is 11.2 Å². The van der Waals surface area contributed by atoms with Crippen LogP contribution in [0.1, 0.15) is 39.7 Å². The van der Waals surface area contributed by atoms with Gasteiger partial charge in [-0.05, 0) is 23.5 Å². The number of nitrogens with one attached hydrogen (secondary N) is 1. The van der Waals surface area contributed by atoms with Gasteiger partial charge in [0, 0.05) is 5.69 Å². The molecule has 0 radical (unpaired) electrons. The van der Waals surface area contributed by atoms with Gasteiger partial charge < -0.3 is 11.1 Å². The number of para-hydroxylation sites is 1. The van der Waals surface area contributed by atoms with Crippen molar-refractivity contribution in [3.63, 3.8) is 0 Å². The Balaban J connectivity index is 2.82. The lowest BCUT2D eigenvalue weighted by molar-refractivity contribution is -0.119. The van der Waals surface area contributed by atoms with Crippen molar-refractivity contribution in [3.05, 3.63) is 29.8 Å². The highest BCUT2D eigenvalue weighted by atomic mass is 16.2. The summed E-state index contributed by atoms with van der Waals surface area (Å²) < 4.78 is 0. The zero-order valence-electron chi connectivity index (χ0n) is 11.8. The molecule has 3 heteroatoms. The van der Waals surface area contributed by atoms with Crippen LogP contribution < -0.4 is 11.1 Å². The van der Waals surface area contributed by atoms with Crippen molar-refractivity contribution in [2.75, 3.05) is 5.32 Å². The third-order valence-corrected chi connectivity index (χ3v) is 3.01. The molecule has 0 saturated carbocycles. The topological polar surface area (TPSA) is 55.1 Å². The zero-order valence-corrected chi connectivity index (χ0v) is 11.8. The molecule has 18 heavy (non-hydrogen) atoms. The van der Waals surface area contributed by atoms with Crippen LogP contribution in [-0.4, -0.2) is 11.9 Å². The maximum Gasteiger partial charge on any atom is 0.241 e. The Kier molecular flexibility index (Phi) is 4.91. The third-order valence-electron chi connectivity index (χ3n) is 3.01. The van der Waals surface area contributed by atoms with Gasteiger partial charge in [-0.1, -0.05) is 52.3 Å². The summed E-state index contributed by atoms with van der Waals surface area (Å²) in [6.45, 7) is 8.03. The number of carbonyl (C=O) groups excluding carboxylic acids is 1. The van der Waals surface area contributed by atoms with Gasteiger partial charge in [0.05, 0.1) is 6.04 Å². The van der Waals surface area contributed by atoms with E-state index in [9.17, 15) is 4.79 Å². The van der Waals surface area contributed by atoms with Crippen LogP contribution in [0.2, 0.25) is 0 Å². The number of anilines is 1. The maximum absolute atomic E-state index is 12.1. The second-order valence-electron chi connectivity index (χ2n) is 5.74. The minimum atomic E-state index is -0.507. The zero-order chi connectivity index (χ0) is 13.8. The predicted octanol–water partition coefficient (Wildman–Crippen LogP) is 2.95. The molecule has 0 aliphatic heterocycles. The van der Waals surface area contributed by atoms with Crippen molar-refractivity contribution in [2.45, 2.75) is 46.6 Å². The standard InChI is InChI=1S/C15H24N2O/c1-5-8-11-9-6-7-10-12(11)17-14(18)13(16)15(2,3)4/h6-7,9-10,13H,5,8,16H2,1-4H3,(H,17,18)/t13-/m1/s1. The molecule has 100 valence electrons. The van der Waals surface area contributed by atoms with E-state index in [4.69, 9.17) is 5.73 Å². The van der Waals surface area contributed by atoms with Crippen molar-refractivity contribution >= 4 is 11.6 Å². The number of hydrogen-bond donors (Lipinski definition) is 2. The van der Waals surface area contributed by atoms with Crippen LogP contribution in [0.3, 0.4) is 0 Å². The van der Waals surface area contributed by atoms with Gasteiger partial charge in [0.1, 0.15) is 0 Å². The Hall–Kier alpha value is -1.35. The Morgan fingerprint density at radius 1 is 1.33 bits per heavy atom. The first-order chi connectivity index (χ1) is 8.36. The van der Waals surface area contributed by atoms with E-state index < -0.39 is 6.04 Å². The van der Waals surface area contributed by atoms with Crippen LogP contribution >= 0.6 is 0 Å². The highest BCUT2D eigenvalue weighted by Crippen LogP contribution is 2.21. The van der Waals surface area contributed by atoms with Gasteiger partial charge in [0.2, 0.25) is 5.91 Å². The fourth-order valence-corrected chi connectivity index (χ4v) is 1.73. The van der Waals surface area contributed by atoms with E-state index in [1.807, 2.05) is 45.0 Å². The molecule has 0 bridgehead atoms. The van der Waals surface area contributed by atoms with E-state index in [2.05, 4.69) is 12.2 Å². The molecule has 0 heterocycles. The number of aryl methyl sites for hydroxylation is 1. The smallest absolute Gasteiger partial charge is 0.241 e. The van der Waals surface area contributed by atoms with Gasteiger partial charge in [0.15, 0.2) is 0 Å². The number of carbonyl (C=O) groups is 1. The Bertz CT molecular complexity index is 407. The van der Waals surface area contributed by atoms with E-state index in [-0.39, 0.29) is 11.3 Å². The molecule has 1 aromatic rings. The van der Waals surface area contributed by atoms with Crippen LogP contribution in [0.4, 0.5) is 5.69 Å². The van der Waals surface area contributed by atoms with E-state index in [1.165, 1.54) is 0 Å². The lowest BCUT2D eigenvalue weighted by Gasteiger charge is -2.26. The first kappa shape index (κ1) is 14.7. The summed E-state index contributed by atoms with van der Waals surface area (Å²) in [5, 5.41) is 2.94. The normalized spacial score (nSPS) is 13.2. The van der Waals surface area contributed by atoms with Gasteiger partial charge in [-0.15, -0.1) is 0 Å². The molecule has 0 unspecified atom stereocenters. The Morgan fingerprint density at radius 3 is 2.50 bits per heavy atom. The highest BCUT2D eigenvalue weighted by molar-refractivity contribution is 5.95. The fraction of sp³-hybridized carbons (Fsp3) is 0.533. The van der Waals surface area contributed by atoms with Crippen molar-refractivity contribution < 1.29 is 4.79 Å². The van der Waals surface area contributed by atoms with Crippen molar-refractivity contribution in [1.29, 1.82) is 0 Å². The van der Waals surface area contributed by atoms with Crippen molar-refractivity contribution in [3.8, 4) is 0 Å². The molecular weight excluding hydrogens is 224 g/mol. The fourth-order valence-electron chi connectivity index (χ4n) is 1.73. The Labute approximate surface area is 110 Å². The van der Waals surface area contributed by atoms with Crippen LogP contribution in [0.5, 0.6) is 0 Å². The first-order valence-corrected chi connectivity index (χ1v) is 6.50. The lowest BCUT2D eigenvalue weighted by Crippen LogP contribution is -2.45. The van der Waals surface area contributed by atoms with Crippen LogP contribution in [0.25, 0.3) is 0 Å². The molecule has 1 atom stereocenters. The van der Waals surface area contributed by atoms with Gasteiger partial charge >= 0.3 is 0 Å². The summed E-state index contributed by atoms with van der Waals surface area (Å²) in [7, 11) is 0. The van der Waals surface area contributed by atoms with Gasteiger partial charge in [0.25, 0.3) is 0 Å². The SMILES string of the molecule is CCCc1ccccc1NC(=O)[C@@H](N)C(C)(C)C.